The van der Waals surface area contributed by atoms with E-state index in [9.17, 15) is 9.59 Å². The molecule has 2 amide bonds. The van der Waals surface area contributed by atoms with Crippen LogP contribution >= 0.6 is 24.0 Å². The SMILES string of the molecule is CN=C(NCCN1C(=O)c2ccccc2C1=O)N1CCC(c2cnn(C)c2)C1.I. The van der Waals surface area contributed by atoms with Gasteiger partial charge in [0.1, 0.15) is 0 Å². The summed E-state index contributed by atoms with van der Waals surface area (Å²) in [5, 5.41) is 7.55. The highest BCUT2D eigenvalue weighted by Crippen LogP contribution is 2.26. The van der Waals surface area contributed by atoms with Crippen molar-refractivity contribution in [3.63, 3.8) is 0 Å². The van der Waals surface area contributed by atoms with Crippen molar-refractivity contribution in [3.8, 4) is 0 Å². The van der Waals surface area contributed by atoms with Gasteiger partial charge in [-0.2, -0.15) is 5.10 Å². The summed E-state index contributed by atoms with van der Waals surface area (Å²) in [5.41, 5.74) is 2.21. The number of nitrogens with one attached hydrogen (secondary N) is 1. The first kappa shape index (κ1) is 21.3. The zero-order chi connectivity index (χ0) is 19.7. The van der Waals surface area contributed by atoms with Gasteiger partial charge in [-0.15, -0.1) is 24.0 Å². The molecule has 1 aromatic heterocycles. The van der Waals surface area contributed by atoms with Gasteiger partial charge >= 0.3 is 0 Å². The highest BCUT2D eigenvalue weighted by atomic mass is 127. The normalized spacial score (nSPS) is 18.8. The number of likely N-dealkylation sites (tertiary alicyclic amines) is 1. The third kappa shape index (κ3) is 4.14. The average Bonchev–Trinajstić information content (AvgIpc) is 3.41. The molecule has 154 valence electrons. The lowest BCUT2D eigenvalue weighted by Crippen LogP contribution is -2.44. The van der Waals surface area contributed by atoms with E-state index in [1.54, 1.807) is 31.3 Å². The molecule has 1 atom stereocenters. The number of hydrogen-bond acceptors (Lipinski definition) is 4. The fraction of sp³-hybridized carbons (Fsp3) is 0.400. The first-order valence-corrected chi connectivity index (χ1v) is 9.48. The molecule has 1 saturated heterocycles. The van der Waals surface area contributed by atoms with E-state index in [1.807, 2.05) is 17.9 Å². The Morgan fingerprint density at radius 2 is 1.93 bits per heavy atom. The van der Waals surface area contributed by atoms with Crippen molar-refractivity contribution >= 4 is 41.8 Å². The Hall–Kier alpha value is -2.43. The minimum Gasteiger partial charge on any atom is -0.354 e. The van der Waals surface area contributed by atoms with Gasteiger partial charge in [0.25, 0.3) is 11.8 Å². The molecule has 9 heteroatoms. The van der Waals surface area contributed by atoms with Crippen LogP contribution in [-0.2, 0) is 7.05 Å². The van der Waals surface area contributed by atoms with Crippen LogP contribution in [0.25, 0.3) is 0 Å². The van der Waals surface area contributed by atoms with Crippen LogP contribution in [0.1, 0.15) is 38.6 Å². The molecule has 2 aliphatic heterocycles. The van der Waals surface area contributed by atoms with Gasteiger partial charge < -0.3 is 10.2 Å². The Morgan fingerprint density at radius 1 is 1.24 bits per heavy atom. The first-order chi connectivity index (χ1) is 13.6. The highest BCUT2D eigenvalue weighted by molar-refractivity contribution is 14.0. The molecule has 1 unspecified atom stereocenters. The molecule has 0 radical (unpaired) electrons. The number of halogens is 1. The van der Waals surface area contributed by atoms with Crippen LogP contribution in [-0.4, -0.2) is 70.6 Å². The van der Waals surface area contributed by atoms with Gasteiger partial charge in [-0.05, 0) is 24.1 Å². The lowest BCUT2D eigenvalue weighted by Gasteiger charge is -2.22. The van der Waals surface area contributed by atoms with Crippen molar-refractivity contribution in [1.82, 2.24) is 24.9 Å². The molecular formula is C20H25IN6O2. The van der Waals surface area contributed by atoms with Gasteiger partial charge in [-0.25, -0.2) is 0 Å². The monoisotopic (exact) mass is 508 g/mol. The number of fused-ring (bicyclic) bond motifs is 1. The fourth-order valence-corrected chi connectivity index (χ4v) is 3.93. The number of carbonyl (C=O) groups excluding carboxylic acids is 2. The maximum absolute atomic E-state index is 12.4. The number of rotatable bonds is 4. The van der Waals surface area contributed by atoms with Crippen LogP contribution in [0.15, 0.2) is 41.7 Å². The van der Waals surface area contributed by atoms with E-state index in [4.69, 9.17) is 0 Å². The third-order valence-electron chi connectivity index (χ3n) is 5.39. The molecule has 0 saturated carbocycles. The molecule has 1 aromatic carbocycles. The molecule has 0 aliphatic carbocycles. The molecule has 0 bridgehead atoms. The van der Waals surface area contributed by atoms with Gasteiger partial charge in [0.15, 0.2) is 5.96 Å². The maximum atomic E-state index is 12.4. The van der Waals surface area contributed by atoms with Crippen molar-refractivity contribution in [2.75, 3.05) is 33.2 Å². The number of imide groups is 1. The van der Waals surface area contributed by atoms with Crippen LogP contribution in [0.3, 0.4) is 0 Å². The van der Waals surface area contributed by atoms with Crippen LogP contribution in [0.5, 0.6) is 0 Å². The Labute approximate surface area is 187 Å². The number of amides is 2. The number of aliphatic imine (C=N–C) groups is 1. The fourth-order valence-electron chi connectivity index (χ4n) is 3.93. The molecule has 8 nitrogen and oxygen atoms in total. The summed E-state index contributed by atoms with van der Waals surface area (Å²) in [6.45, 7) is 2.56. The number of guanidine groups is 1. The summed E-state index contributed by atoms with van der Waals surface area (Å²) in [6.07, 6.45) is 5.03. The number of hydrogen-bond donors (Lipinski definition) is 1. The van der Waals surface area contributed by atoms with Crippen molar-refractivity contribution in [1.29, 1.82) is 0 Å². The van der Waals surface area contributed by atoms with E-state index in [1.165, 1.54) is 10.5 Å². The number of benzene rings is 1. The summed E-state index contributed by atoms with van der Waals surface area (Å²) in [5.74, 6) is 0.775. The number of aryl methyl sites for hydroxylation is 1. The molecule has 1 N–H and O–H groups in total. The van der Waals surface area contributed by atoms with Gasteiger partial charge in [0, 0.05) is 52.4 Å². The molecule has 2 aromatic rings. The Kier molecular flexibility index (Phi) is 6.56. The van der Waals surface area contributed by atoms with E-state index in [2.05, 4.69) is 26.5 Å². The average molecular weight is 508 g/mol. The van der Waals surface area contributed by atoms with Gasteiger partial charge in [0.05, 0.1) is 17.3 Å². The summed E-state index contributed by atoms with van der Waals surface area (Å²) in [4.78, 5) is 32.8. The lowest BCUT2D eigenvalue weighted by molar-refractivity contribution is 0.0657. The van der Waals surface area contributed by atoms with E-state index >= 15 is 0 Å². The molecule has 4 rings (SSSR count). The molecule has 0 spiro atoms. The summed E-state index contributed by atoms with van der Waals surface area (Å²) < 4.78 is 1.83. The minimum absolute atomic E-state index is 0. The van der Waals surface area contributed by atoms with E-state index in [-0.39, 0.29) is 35.8 Å². The quantitative estimate of drug-likeness (QED) is 0.294. The maximum Gasteiger partial charge on any atom is 0.261 e. The smallest absolute Gasteiger partial charge is 0.261 e. The molecule has 1 fully saturated rings. The second-order valence-electron chi connectivity index (χ2n) is 7.16. The van der Waals surface area contributed by atoms with E-state index in [0.717, 1.165) is 25.5 Å². The van der Waals surface area contributed by atoms with Crippen molar-refractivity contribution < 1.29 is 9.59 Å². The van der Waals surface area contributed by atoms with Crippen molar-refractivity contribution in [2.45, 2.75) is 12.3 Å². The zero-order valence-electron chi connectivity index (χ0n) is 16.5. The minimum atomic E-state index is -0.227. The number of aromatic nitrogens is 2. The topological polar surface area (TPSA) is 82.8 Å². The Bertz CT molecular complexity index is 906. The first-order valence-electron chi connectivity index (χ1n) is 9.48. The largest absolute Gasteiger partial charge is 0.354 e. The summed E-state index contributed by atoms with van der Waals surface area (Å²) >= 11 is 0. The Balaban J connectivity index is 0.00000240. The van der Waals surface area contributed by atoms with Gasteiger partial charge in [0.2, 0.25) is 0 Å². The summed E-state index contributed by atoms with van der Waals surface area (Å²) in [7, 11) is 3.68. The van der Waals surface area contributed by atoms with Gasteiger partial charge in [-0.3, -0.25) is 24.2 Å². The third-order valence-corrected chi connectivity index (χ3v) is 5.39. The highest BCUT2D eigenvalue weighted by Gasteiger charge is 2.34. The van der Waals surface area contributed by atoms with Crippen LogP contribution in [0.2, 0.25) is 0 Å². The standard InChI is InChI=1S/C20H24N6O2.HI/c1-21-20(25-9-7-14(13-25)15-11-23-24(2)12-15)22-8-10-26-18(27)16-5-3-4-6-17(16)19(26)28;/h3-6,11-12,14H,7-10,13H2,1-2H3,(H,21,22);1H. The molecule has 29 heavy (non-hydrogen) atoms. The van der Waals surface area contributed by atoms with Crippen LogP contribution in [0, 0.1) is 0 Å². The van der Waals surface area contributed by atoms with Crippen LogP contribution < -0.4 is 5.32 Å². The second-order valence-corrected chi connectivity index (χ2v) is 7.16. The molecular weight excluding hydrogens is 483 g/mol. The van der Waals surface area contributed by atoms with Gasteiger partial charge in [-0.1, -0.05) is 12.1 Å². The predicted octanol–water partition coefficient (Wildman–Crippen LogP) is 1.70. The second kappa shape index (κ2) is 8.93. The zero-order valence-corrected chi connectivity index (χ0v) is 18.9. The predicted molar refractivity (Wildman–Crippen MR) is 121 cm³/mol. The van der Waals surface area contributed by atoms with Crippen molar-refractivity contribution in [3.05, 3.63) is 53.3 Å². The van der Waals surface area contributed by atoms with Crippen LogP contribution in [0.4, 0.5) is 0 Å². The van der Waals surface area contributed by atoms with E-state index in [0.29, 0.717) is 30.1 Å². The molecule has 2 aliphatic rings. The lowest BCUT2D eigenvalue weighted by atomic mass is 10.0. The van der Waals surface area contributed by atoms with Crippen molar-refractivity contribution in [2.24, 2.45) is 12.0 Å². The van der Waals surface area contributed by atoms with E-state index < -0.39 is 0 Å². The molecule has 3 heterocycles. The number of carbonyl (C=O) groups is 2. The Morgan fingerprint density at radius 3 is 2.52 bits per heavy atom. The number of nitrogens with zero attached hydrogens (tertiary/aromatic N) is 5. The summed E-state index contributed by atoms with van der Waals surface area (Å²) in [6, 6.07) is 6.95.